The summed E-state index contributed by atoms with van der Waals surface area (Å²) in [5.74, 6) is -1.09. The number of unbranched alkanes of at least 4 members (excludes halogenated alkanes) is 11. The van der Waals surface area contributed by atoms with Crippen molar-refractivity contribution < 1.29 is 41.0 Å². The summed E-state index contributed by atoms with van der Waals surface area (Å²) in [5, 5.41) is 24.5. The maximum Gasteiger partial charge on any atom is 2.00 e. The summed E-state index contributed by atoms with van der Waals surface area (Å²) in [5.41, 5.74) is 9.25. The molecule has 0 saturated carbocycles. The molecular weight excluding hydrogens is 807 g/mol. The van der Waals surface area contributed by atoms with Gasteiger partial charge in [0, 0.05) is 41.7 Å². The van der Waals surface area contributed by atoms with Crippen molar-refractivity contribution in [3.05, 3.63) is 97.9 Å². The number of hydrogen-bond donors (Lipinski definition) is 1. The number of hydrogen-bond acceptors (Lipinski definition) is 7. The number of aliphatic carboxylic acids is 1. The molecule has 328 valence electrons. The Bertz CT molecular complexity index is 2290. The topological polar surface area (TPSA) is 138 Å². The second-order valence-corrected chi connectivity index (χ2v) is 17.0. The van der Waals surface area contributed by atoms with Crippen LogP contribution in [0, 0.1) is 18.8 Å². The van der Waals surface area contributed by atoms with Gasteiger partial charge < -0.3 is 19.9 Å². The van der Waals surface area contributed by atoms with E-state index in [9.17, 15) is 19.8 Å². The first-order valence-corrected chi connectivity index (χ1v) is 22.7. The fraction of sp³-hybridized carbons (Fsp3) is 0.510. The Labute approximate surface area is 372 Å². The Morgan fingerprint density at radius 1 is 0.836 bits per heavy atom. The van der Waals surface area contributed by atoms with Crippen molar-refractivity contribution in [2.45, 2.75) is 157 Å². The fourth-order valence-corrected chi connectivity index (χ4v) is 8.99. The zero-order valence-electron chi connectivity index (χ0n) is 37.1. The number of aliphatic imine (C=N–C) groups is 3. The van der Waals surface area contributed by atoms with Crippen LogP contribution in [0.2, 0.25) is 0 Å². The first-order valence-electron chi connectivity index (χ1n) is 22.7. The van der Waals surface area contributed by atoms with Crippen LogP contribution >= 0.6 is 0 Å². The molecule has 1 aromatic heterocycles. The van der Waals surface area contributed by atoms with E-state index in [0.717, 1.165) is 89.2 Å². The number of aromatic nitrogens is 1. The molecule has 1 aromatic rings. The van der Waals surface area contributed by atoms with Crippen molar-refractivity contribution in [3.8, 4) is 0 Å². The number of ether oxygens (including phenoxy) is 1. The molecule has 0 radical (unpaired) electrons. The number of carboxylic acids is 1. The van der Waals surface area contributed by atoms with Gasteiger partial charge in [-0.05, 0) is 106 Å². The number of carbonyl (C=O) groups is 2. The molecule has 0 unspecified atom stereocenters. The van der Waals surface area contributed by atoms with E-state index in [1.165, 1.54) is 51.4 Å². The largest absolute Gasteiger partial charge is 2.00 e. The zero-order valence-corrected chi connectivity index (χ0v) is 38.1. The fourth-order valence-electron chi connectivity index (χ4n) is 8.99. The van der Waals surface area contributed by atoms with Crippen molar-refractivity contribution in [1.82, 2.24) is 4.98 Å². The molecule has 5 aliphatic rings. The summed E-state index contributed by atoms with van der Waals surface area (Å²) in [6, 6.07) is 0. The quantitative estimate of drug-likeness (QED) is 0.0565. The van der Waals surface area contributed by atoms with Gasteiger partial charge in [-0.2, -0.15) is 0 Å². The number of carbonyl (C=O) groups excluding carboxylic acids is 1. The maximum atomic E-state index is 13.6. The molecule has 8 bridgehead atoms. The van der Waals surface area contributed by atoms with Crippen LogP contribution < -0.4 is 20.7 Å². The van der Waals surface area contributed by atoms with Crippen LogP contribution in [0.4, 0.5) is 0 Å². The third-order valence-electron chi connectivity index (χ3n) is 12.6. The molecule has 2 atom stereocenters. The van der Waals surface area contributed by atoms with Gasteiger partial charge in [0.2, 0.25) is 0 Å². The van der Waals surface area contributed by atoms with Crippen LogP contribution in [0.15, 0.2) is 91.0 Å². The van der Waals surface area contributed by atoms with Gasteiger partial charge in [-0.1, -0.05) is 108 Å². The second-order valence-electron chi connectivity index (χ2n) is 17.0. The molecule has 61 heavy (non-hydrogen) atoms. The number of esters is 1. The van der Waals surface area contributed by atoms with Gasteiger partial charge >= 0.3 is 28.4 Å². The number of rotatable bonds is 21. The number of fused-ring (bicyclic) bond motifs is 5. The molecule has 0 amide bonds. The van der Waals surface area contributed by atoms with Gasteiger partial charge in [0.1, 0.15) is 5.70 Å². The van der Waals surface area contributed by atoms with Gasteiger partial charge in [-0.25, -0.2) is 9.98 Å². The SMILES string of the molecule is CCCCCCC/C=C/C=C/CCCCCCCCC(=O)OC1=C(C)C2=NC1=CC1=NC(=Cc3[n-]c4c(c3C)=C([O-])CC=4C3=NC(=C2)[C@@H](C)[C@@H]3CCC(=O)O)C(CC)=C1C.[Ni+2]. The van der Waals surface area contributed by atoms with Crippen LogP contribution in [0.3, 0.4) is 0 Å². The van der Waals surface area contributed by atoms with Crippen molar-refractivity contribution in [2.75, 3.05) is 0 Å². The third kappa shape index (κ3) is 11.5. The van der Waals surface area contributed by atoms with Crippen LogP contribution in [-0.4, -0.2) is 34.2 Å². The van der Waals surface area contributed by atoms with Crippen molar-refractivity contribution in [1.29, 1.82) is 0 Å². The summed E-state index contributed by atoms with van der Waals surface area (Å²) >= 11 is 0. The average molecular weight is 872 g/mol. The summed E-state index contributed by atoms with van der Waals surface area (Å²) in [4.78, 5) is 45.5. The molecule has 0 aromatic carbocycles. The van der Waals surface area contributed by atoms with E-state index in [2.05, 4.69) is 45.1 Å². The van der Waals surface area contributed by atoms with Crippen molar-refractivity contribution in [2.24, 2.45) is 26.8 Å². The molecule has 9 nitrogen and oxygen atoms in total. The first kappa shape index (κ1) is 47.5. The monoisotopic (exact) mass is 870 g/mol. The summed E-state index contributed by atoms with van der Waals surface area (Å²) in [7, 11) is 0. The minimum absolute atomic E-state index is 0. The molecule has 0 fully saturated rings. The minimum atomic E-state index is -0.876. The smallest absolute Gasteiger partial charge is 0.875 e. The van der Waals surface area contributed by atoms with E-state index < -0.39 is 5.97 Å². The van der Waals surface area contributed by atoms with E-state index in [1.54, 1.807) is 0 Å². The molecule has 0 spiro atoms. The predicted octanol–water partition coefficient (Wildman–Crippen LogP) is 9.71. The number of carboxylic acid groups (broad SMARTS) is 1. The standard InChI is InChI=1S/C51H66N4O5.Ni/c1-7-9-10-11-12-13-14-15-16-17-18-19-20-21-22-23-24-25-47(59)60-51-35(6)42-29-40-33(4)37(26-27-46(57)58)49(54-40)38-28-45(56)48-34(5)41(55-50(38)48)30-43-36(8-2)32(3)39(52-43)31-44(51)53-42;/h14-17,29-31,33,37H,7-13,18-28H2,1-6H3,(H3,52,53,54,55,56,57,58);/q;+2/p-2/b15-14+,17-16+;/t33-,37-;/m0./s1. The predicted molar refractivity (Wildman–Crippen MR) is 242 cm³/mol. The molecule has 10 heteroatoms. The number of nitrogens with zero attached hydrogens (tertiary/aromatic N) is 4. The Hall–Kier alpha value is -4.56. The molecule has 4 aliphatic heterocycles. The summed E-state index contributed by atoms with van der Waals surface area (Å²) in [6.45, 7) is 12.3. The Morgan fingerprint density at radius 3 is 2.15 bits per heavy atom. The Balaban J connectivity index is 0.00000704. The molecule has 0 saturated heterocycles. The van der Waals surface area contributed by atoms with Gasteiger partial charge in [0.05, 0.1) is 17.1 Å². The van der Waals surface area contributed by atoms with Crippen LogP contribution in [0.25, 0.3) is 17.4 Å². The van der Waals surface area contributed by atoms with E-state index in [1.807, 2.05) is 39.0 Å². The normalized spacial score (nSPS) is 19.4. The average Bonchev–Trinajstić information content (AvgIpc) is 3.97. The Morgan fingerprint density at radius 2 is 1.48 bits per heavy atom. The van der Waals surface area contributed by atoms with Crippen LogP contribution in [-0.2, 0) is 30.8 Å². The van der Waals surface area contributed by atoms with Crippen molar-refractivity contribution >= 4 is 46.5 Å². The minimum Gasteiger partial charge on any atom is -0.875 e. The van der Waals surface area contributed by atoms with Crippen LogP contribution in [0.5, 0.6) is 0 Å². The van der Waals surface area contributed by atoms with Crippen molar-refractivity contribution in [3.63, 3.8) is 0 Å². The van der Waals surface area contributed by atoms with E-state index in [-0.39, 0.29) is 52.9 Å². The first-order chi connectivity index (χ1) is 29.0. The van der Waals surface area contributed by atoms with Gasteiger partial charge in [0.15, 0.2) is 5.76 Å². The zero-order chi connectivity index (χ0) is 42.8. The summed E-state index contributed by atoms with van der Waals surface area (Å²) in [6.07, 6.45) is 31.6. The maximum absolute atomic E-state index is 13.6. The summed E-state index contributed by atoms with van der Waals surface area (Å²) < 4.78 is 6.16. The van der Waals surface area contributed by atoms with E-state index in [0.29, 0.717) is 46.3 Å². The van der Waals surface area contributed by atoms with E-state index >= 15 is 0 Å². The van der Waals surface area contributed by atoms with Gasteiger partial charge in [-0.3, -0.25) is 14.6 Å². The Kier molecular flexibility index (Phi) is 17.5. The second kappa shape index (κ2) is 22.5. The van der Waals surface area contributed by atoms with Crippen LogP contribution in [0.1, 0.15) is 161 Å². The third-order valence-corrected chi connectivity index (χ3v) is 12.6. The number of allylic oxidation sites excluding steroid dienone is 10. The molecule has 6 rings (SSSR count). The molecular formula is C51H64N4NiO5. The van der Waals surface area contributed by atoms with E-state index in [4.69, 9.17) is 24.7 Å². The van der Waals surface area contributed by atoms with Gasteiger partial charge in [0.25, 0.3) is 0 Å². The molecule has 1 aliphatic carbocycles. The molecule has 1 N–H and O–H groups in total. The molecule has 5 heterocycles. The van der Waals surface area contributed by atoms with Gasteiger partial charge in [-0.15, -0.1) is 16.8 Å².